The molecule has 0 bridgehead atoms. The van der Waals surface area contributed by atoms with Gasteiger partial charge >= 0.3 is 11.9 Å². The molecule has 0 N–H and O–H groups in total. The highest BCUT2D eigenvalue weighted by molar-refractivity contribution is 5.88. The second-order valence-electron chi connectivity index (χ2n) is 8.83. The summed E-state index contributed by atoms with van der Waals surface area (Å²) in [7, 11) is 2.95. The molecule has 2 rings (SSSR count). The number of carbonyl (C=O) groups excluding carboxylic acids is 2. The molecule has 0 aliphatic rings. The van der Waals surface area contributed by atoms with E-state index in [1.54, 1.807) is 24.5 Å². The highest BCUT2D eigenvalue weighted by atomic mass is 16.6. The van der Waals surface area contributed by atoms with Crippen LogP contribution in [-0.4, -0.2) is 72.4 Å². The zero-order valence-corrected chi connectivity index (χ0v) is 25.2. The molecule has 0 atom stereocenters. The van der Waals surface area contributed by atoms with Crippen molar-refractivity contribution in [1.82, 2.24) is 0 Å². The van der Waals surface area contributed by atoms with Crippen molar-refractivity contribution in [2.24, 2.45) is 0 Å². The Hall–Kier alpha value is -4.54. The number of esters is 2. The molecule has 0 radical (unpaired) electrons. The van der Waals surface area contributed by atoms with Crippen LogP contribution in [0.2, 0.25) is 0 Å². The van der Waals surface area contributed by atoms with E-state index in [1.165, 1.54) is 14.2 Å². The smallest absolute Gasteiger partial charge is 0.335 e. The lowest BCUT2D eigenvalue weighted by atomic mass is 10.0. The zero-order valence-electron chi connectivity index (χ0n) is 25.2. The molecule has 43 heavy (non-hydrogen) atoms. The minimum absolute atomic E-state index is 0.0296. The van der Waals surface area contributed by atoms with Crippen molar-refractivity contribution in [3.05, 3.63) is 85.2 Å². The normalized spacial score (nSPS) is 10.9. The molecule has 0 aliphatic heterocycles. The summed E-state index contributed by atoms with van der Waals surface area (Å²) in [6.45, 7) is 11.8. The Balaban J connectivity index is 2.16. The van der Waals surface area contributed by atoms with Crippen molar-refractivity contribution < 1.29 is 47.5 Å². The molecule has 0 amide bonds. The Labute approximate surface area is 253 Å². The van der Waals surface area contributed by atoms with Crippen LogP contribution in [0.15, 0.2) is 85.2 Å². The maximum absolute atomic E-state index is 11.9. The van der Waals surface area contributed by atoms with Crippen molar-refractivity contribution in [2.75, 3.05) is 60.5 Å². The van der Waals surface area contributed by atoms with Gasteiger partial charge in [0.15, 0.2) is 23.0 Å². The molecule has 10 heteroatoms. The monoisotopic (exact) mass is 596 g/mol. The lowest BCUT2D eigenvalue weighted by Crippen LogP contribution is -2.15. The molecule has 2 aromatic rings. The van der Waals surface area contributed by atoms with Gasteiger partial charge in [-0.1, -0.05) is 43.5 Å². The fraction of sp³-hybridized carbons (Fsp3) is 0.333. The SMILES string of the molecule is C=C(COC)C(=O)OCCOc1ccc(-c2ccc(OCCOC(=O)C(=C)COC)c(OC/C=C\C)c2)cc1O/C=C\C. The minimum atomic E-state index is -0.542. The van der Waals surface area contributed by atoms with Gasteiger partial charge < -0.3 is 37.9 Å². The minimum Gasteiger partial charge on any atom is -0.486 e. The first kappa shape index (κ1) is 34.7. The Kier molecular flexibility index (Phi) is 15.8. The van der Waals surface area contributed by atoms with E-state index < -0.39 is 11.9 Å². The van der Waals surface area contributed by atoms with Crippen LogP contribution >= 0.6 is 0 Å². The Morgan fingerprint density at radius 3 is 1.67 bits per heavy atom. The Bertz CT molecular complexity index is 1280. The van der Waals surface area contributed by atoms with Crippen molar-refractivity contribution >= 4 is 11.9 Å². The molecule has 0 saturated heterocycles. The summed E-state index contributed by atoms with van der Waals surface area (Å²) in [5.41, 5.74) is 2.13. The van der Waals surface area contributed by atoms with Crippen molar-refractivity contribution in [3.63, 3.8) is 0 Å². The van der Waals surface area contributed by atoms with Gasteiger partial charge in [0, 0.05) is 14.2 Å². The third kappa shape index (κ3) is 12.1. The standard InChI is InChI=1S/C33H40O10/c1-7-9-15-39-31-21-27(11-13-29(31)41-17-19-43-33(35)25(4)23-37-6)26-10-12-28(30(20-26)38-14-8-2)40-16-18-42-32(34)24(3)22-36-5/h7-14,20-21H,3-4,15-19,22-23H2,1-2,5-6H3/b9-7-,14-8-. The van der Waals surface area contributed by atoms with E-state index in [4.69, 9.17) is 37.9 Å². The highest BCUT2D eigenvalue weighted by Crippen LogP contribution is 2.37. The number of hydrogen-bond acceptors (Lipinski definition) is 10. The van der Waals surface area contributed by atoms with Crippen LogP contribution < -0.4 is 18.9 Å². The molecule has 0 heterocycles. The van der Waals surface area contributed by atoms with E-state index >= 15 is 0 Å². The summed E-state index contributed by atoms with van der Waals surface area (Å²) in [4.78, 5) is 23.8. The Morgan fingerprint density at radius 2 is 1.19 bits per heavy atom. The number of carbonyl (C=O) groups is 2. The first-order valence-electron chi connectivity index (χ1n) is 13.6. The van der Waals surface area contributed by atoms with Crippen molar-refractivity contribution in [2.45, 2.75) is 13.8 Å². The van der Waals surface area contributed by atoms with Gasteiger partial charge in [-0.25, -0.2) is 9.59 Å². The second kappa shape index (κ2) is 19.6. The molecule has 0 fully saturated rings. The summed E-state index contributed by atoms with van der Waals surface area (Å²) < 4.78 is 43.5. The predicted molar refractivity (Wildman–Crippen MR) is 163 cm³/mol. The number of benzene rings is 2. The number of ether oxygens (including phenoxy) is 8. The molecule has 0 aliphatic carbocycles. The molecule has 232 valence electrons. The molecule has 0 unspecified atom stereocenters. The molecule has 0 aromatic heterocycles. The van der Waals surface area contributed by atoms with Crippen molar-refractivity contribution in [3.8, 4) is 34.1 Å². The number of hydrogen-bond donors (Lipinski definition) is 0. The van der Waals surface area contributed by atoms with Gasteiger partial charge in [-0.05, 0) is 49.2 Å². The maximum Gasteiger partial charge on any atom is 0.335 e. The number of methoxy groups -OCH3 is 2. The summed E-state index contributed by atoms with van der Waals surface area (Å²) >= 11 is 0. The van der Waals surface area contributed by atoms with Crippen LogP contribution in [0.4, 0.5) is 0 Å². The molecule has 0 saturated carbocycles. The van der Waals surface area contributed by atoms with Gasteiger partial charge in [-0.3, -0.25) is 0 Å². The maximum atomic E-state index is 11.9. The van der Waals surface area contributed by atoms with E-state index in [9.17, 15) is 9.59 Å². The fourth-order valence-corrected chi connectivity index (χ4v) is 3.44. The van der Waals surface area contributed by atoms with Crippen LogP contribution in [0.5, 0.6) is 23.0 Å². The third-order valence-electron chi connectivity index (χ3n) is 5.49. The average molecular weight is 597 g/mol. The highest BCUT2D eigenvalue weighted by Gasteiger charge is 2.14. The summed E-state index contributed by atoms with van der Waals surface area (Å²) in [5, 5.41) is 0. The second-order valence-corrected chi connectivity index (χ2v) is 8.83. The van der Waals surface area contributed by atoms with Crippen LogP contribution in [0.1, 0.15) is 13.8 Å². The van der Waals surface area contributed by atoms with E-state index in [1.807, 2.05) is 50.3 Å². The predicted octanol–water partition coefficient (Wildman–Crippen LogP) is 5.47. The van der Waals surface area contributed by atoms with Crippen LogP contribution in [0.3, 0.4) is 0 Å². The lowest BCUT2D eigenvalue weighted by molar-refractivity contribution is -0.141. The average Bonchev–Trinajstić information content (AvgIpc) is 3.01. The first-order chi connectivity index (χ1) is 20.8. The lowest BCUT2D eigenvalue weighted by Gasteiger charge is -2.15. The number of allylic oxidation sites excluding steroid dienone is 2. The topological polar surface area (TPSA) is 108 Å². The van der Waals surface area contributed by atoms with Crippen molar-refractivity contribution in [1.29, 1.82) is 0 Å². The molecule has 10 nitrogen and oxygen atoms in total. The van der Waals surface area contributed by atoms with E-state index in [0.717, 1.165) is 11.1 Å². The van der Waals surface area contributed by atoms with E-state index in [2.05, 4.69) is 13.2 Å². The van der Waals surface area contributed by atoms with Gasteiger partial charge in [0.05, 0.1) is 30.6 Å². The molecule has 0 spiro atoms. The Morgan fingerprint density at radius 1 is 0.674 bits per heavy atom. The van der Waals surface area contributed by atoms with Gasteiger partial charge in [0.1, 0.15) is 33.0 Å². The first-order valence-corrected chi connectivity index (χ1v) is 13.6. The molecule has 2 aromatic carbocycles. The van der Waals surface area contributed by atoms with Crippen LogP contribution in [0, 0.1) is 0 Å². The third-order valence-corrected chi connectivity index (χ3v) is 5.49. The quantitative estimate of drug-likeness (QED) is 0.0642. The number of rotatable bonds is 20. The van der Waals surface area contributed by atoms with Crippen LogP contribution in [0.25, 0.3) is 11.1 Å². The van der Waals surface area contributed by atoms with E-state index in [0.29, 0.717) is 29.6 Å². The van der Waals surface area contributed by atoms with Gasteiger partial charge in [-0.15, -0.1) is 0 Å². The summed E-state index contributed by atoms with van der Waals surface area (Å²) in [6.07, 6.45) is 7.06. The summed E-state index contributed by atoms with van der Waals surface area (Å²) in [6, 6.07) is 11.0. The fourth-order valence-electron chi connectivity index (χ4n) is 3.44. The zero-order chi connectivity index (χ0) is 31.5. The molecular formula is C33H40O10. The van der Waals surface area contributed by atoms with Gasteiger partial charge in [-0.2, -0.15) is 0 Å². The van der Waals surface area contributed by atoms with E-state index in [-0.39, 0.29) is 50.8 Å². The molecular weight excluding hydrogens is 556 g/mol. The largest absolute Gasteiger partial charge is 0.486 e. The van der Waals surface area contributed by atoms with Crippen LogP contribution in [-0.2, 0) is 28.5 Å². The van der Waals surface area contributed by atoms with Gasteiger partial charge in [0.2, 0.25) is 0 Å². The summed E-state index contributed by atoms with van der Waals surface area (Å²) in [5.74, 6) is 0.870. The van der Waals surface area contributed by atoms with Gasteiger partial charge in [0.25, 0.3) is 0 Å².